The van der Waals surface area contributed by atoms with E-state index in [1.807, 2.05) is 11.4 Å². The zero-order chi connectivity index (χ0) is 10.1. The van der Waals surface area contributed by atoms with E-state index in [1.54, 1.807) is 0 Å². The number of nitrogens with zero attached hydrogens (tertiary/aromatic N) is 1. The Morgan fingerprint density at radius 1 is 1.79 bits per heavy atom. The third-order valence-electron chi connectivity index (χ3n) is 2.33. The number of esters is 1. The summed E-state index contributed by atoms with van der Waals surface area (Å²) in [5.74, 6) is -0.562. The number of methoxy groups -OCH3 is 1. The predicted octanol–water partition coefficient (Wildman–Crippen LogP) is 1.59. The minimum Gasteiger partial charge on any atom is -0.469 e. The van der Waals surface area contributed by atoms with Gasteiger partial charge in [-0.3, -0.25) is 4.79 Å². The molecule has 1 atom stereocenters. The van der Waals surface area contributed by atoms with Gasteiger partial charge in [0.25, 0.3) is 0 Å². The van der Waals surface area contributed by atoms with E-state index < -0.39 is 0 Å². The maximum atomic E-state index is 11.4. The highest BCUT2D eigenvalue weighted by Crippen LogP contribution is 2.38. The lowest BCUT2D eigenvalue weighted by molar-refractivity contribution is -0.142. The van der Waals surface area contributed by atoms with Crippen molar-refractivity contribution in [1.82, 2.24) is 0 Å². The lowest BCUT2D eigenvalue weighted by Crippen LogP contribution is -2.11. The van der Waals surface area contributed by atoms with Gasteiger partial charge in [0.15, 0.2) is 0 Å². The summed E-state index contributed by atoms with van der Waals surface area (Å²) in [6, 6.07) is 1.86. The van der Waals surface area contributed by atoms with Gasteiger partial charge in [0.1, 0.15) is 0 Å². The molecule has 2 rings (SSSR count). The van der Waals surface area contributed by atoms with Crippen LogP contribution in [0.5, 0.6) is 0 Å². The molecular formula is C9H9NO3S. The SMILES string of the molecule is COC(=O)C1C/C(=N\O)c2ccsc21. The first kappa shape index (κ1) is 9.21. The van der Waals surface area contributed by atoms with Crippen molar-refractivity contribution in [2.45, 2.75) is 12.3 Å². The third-order valence-corrected chi connectivity index (χ3v) is 3.36. The maximum absolute atomic E-state index is 11.4. The van der Waals surface area contributed by atoms with Crippen molar-refractivity contribution in [2.24, 2.45) is 5.16 Å². The molecule has 1 aliphatic carbocycles. The first-order valence-corrected chi connectivity index (χ1v) is 5.02. The van der Waals surface area contributed by atoms with Crippen LogP contribution >= 0.6 is 11.3 Å². The number of fused-ring (bicyclic) bond motifs is 1. The van der Waals surface area contributed by atoms with Crippen molar-refractivity contribution in [3.05, 3.63) is 21.9 Å². The highest BCUT2D eigenvalue weighted by molar-refractivity contribution is 7.10. The number of thiophene rings is 1. The van der Waals surface area contributed by atoms with Crippen LogP contribution in [-0.4, -0.2) is 24.0 Å². The molecule has 4 nitrogen and oxygen atoms in total. The Kier molecular flexibility index (Phi) is 2.25. The Labute approximate surface area is 84.8 Å². The standard InChI is InChI=1S/C9H9NO3S/c1-13-9(11)6-4-7(10-12)5-2-3-14-8(5)6/h2-3,6,12H,4H2,1H3/b10-7+. The highest BCUT2D eigenvalue weighted by atomic mass is 32.1. The van der Waals surface area contributed by atoms with E-state index >= 15 is 0 Å². The van der Waals surface area contributed by atoms with Crippen LogP contribution in [0, 0.1) is 0 Å². The summed E-state index contributed by atoms with van der Waals surface area (Å²) < 4.78 is 4.68. The van der Waals surface area contributed by atoms with Crippen molar-refractivity contribution in [3.63, 3.8) is 0 Å². The van der Waals surface area contributed by atoms with Crippen molar-refractivity contribution in [3.8, 4) is 0 Å². The van der Waals surface area contributed by atoms with Gasteiger partial charge in [-0.1, -0.05) is 5.16 Å². The second kappa shape index (κ2) is 3.42. The normalized spacial score (nSPS) is 22.4. The van der Waals surface area contributed by atoms with Crippen molar-refractivity contribution >= 4 is 23.0 Å². The molecule has 1 aliphatic rings. The summed E-state index contributed by atoms with van der Waals surface area (Å²) >= 11 is 1.49. The van der Waals surface area contributed by atoms with Gasteiger partial charge in [-0.05, 0) is 11.4 Å². The van der Waals surface area contributed by atoms with Crippen molar-refractivity contribution < 1.29 is 14.7 Å². The molecule has 5 heteroatoms. The van der Waals surface area contributed by atoms with E-state index in [9.17, 15) is 4.79 Å². The lowest BCUT2D eigenvalue weighted by atomic mass is 10.1. The number of ether oxygens (including phenoxy) is 1. The summed E-state index contributed by atoms with van der Waals surface area (Å²) in [5.41, 5.74) is 1.43. The van der Waals surface area contributed by atoms with Crippen LogP contribution in [0.4, 0.5) is 0 Å². The molecule has 0 spiro atoms. The molecule has 0 bridgehead atoms. The Hall–Kier alpha value is -1.36. The van der Waals surface area contributed by atoms with E-state index in [0.717, 1.165) is 10.4 Å². The largest absolute Gasteiger partial charge is 0.469 e. The molecule has 0 fully saturated rings. The molecule has 0 saturated heterocycles. The van der Waals surface area contributed by atoms with Crippen LogP contribution in [0.15, 0.2) is 16.6 Å². The van der Waals surface area contributed by atoms with Gasteiger partial charge >= 0.3 is 5.97 Å². The Bertz CT molecular complexity index is 397. The van der Waals surface area contributed by atoms with E-state index in [2.05, 4.69) is 9.89 Å². The van der Waals surface area contributed by atoms with Gasteiger partial charge in [0, 0.05) is 16.9 Å². The topological polar surface area (TPSA) is 58.9 Å². The molecule has 1 heterocycles. The zero-order valence-corrected chi connectivity index (χ0v) is 8.37. The van der Waals surface area contributed by atoms with Crippen LogP contribution in [0.25, 0.3) is 0 Å². The second-order valence-corrected chi connectivity index (χ2v) is 3.97. The summed E-state index contributed by atoms with van der Waals surface area (Å²) in [5, 5.41) is 13.8. The monoisotopic (exact) mass is 211 g/mol. The summed E-state index contributed by atoms with van der Waals surface area (Å²) in [7, 11) is 1.36. The zero-order valence-electron chi connectivity index (χ0n) is 7.56. The smallest absolute Gasteiger partial charge is 0.314 e. The lowest BCUT2D eigenvalue weighted by Gasteiger charge is -2.04. The Morgan fingerprint density at radius 3 is 3.21 bits per heavy atom. The summed E-state index contributed by atoms with van der Waals surface area (Å²) in [4.78, 5) is 12.3. The van der Waals surface area contributed by atoms with E-state index in [4.69, 9.17) is 5.21 Å². The number of carbonyl (C=O) groups excluding carboxylic acids is 1. The van der Waals surface area contributed by atoms with Gasteiger partial charge in [-0.2, -0.15) is 0 Å². The average molecular weight is 211 g/mol. The van der Waals surface area contributed by atoms with Gasteiger partial charge in [0.05, 0.1) is 18.7 Å². The number of rotatable bonds is 1. The maximum Gasteiger partial charge on any atom is 0.314 e. The molecule has 0 aliphatic heterocycles. The molecule has 0 amide bonds. The van der Waals surface area contributed by atoms with Crippen LogP contribution in [0.3, 0.4) is 0 Å². The van der Waals surface area contributed by atoms with Gasteiger partial charge in [-0.15, -0.1) is 11.3 Å². The van der Waals surface area contributed by atoms with Gasteiger partial charge < -0.3 is 9.94 Å². The number of hydrogen-bond donors (Lipinski definition) is 1. The molecule has 74 valence electrons. The number of hydrogen-bond acceptors (Lipinski definition) is 5. The highest BCUT2D eigenvalue weighted by Gasteiger charge is 2.35. The van der Waals surface area contributed by atoms with Crippen LogP contribution in [0.1, 0.15) is 22.8 Å². The van der Waals surface area contributed by atoms with Crippen molar-refractivity contribution in [1.29, 1.82) is 0 Å². The first-order valence-electron chi connectivity index (χ1n) is 4.14. The van der Waals surface area contributed by atoms with Crippen molar-refractivity contribution in [2.75, 3.05) is 7.11 Å². The molecule has 0 aromatic carbocycles. The fourth-order valence-electron chi connectivity index (χ4n) is 1.65. The van der Waals surface area contributed by atoms with E-state index in [0.29, 0.717) is 12.1 Å². The molecule has 0 saturated carbocycles. The van der Waals surface area contributed by atoms with E-state index in [1.165, 1.54) is 18.4 Å². The average Bonchev–Trinajstić information content (AvgIpc) is 2.76. The van der Waals surface area contributed by atoms with Gasteiger partial charge in [-0.25, -0.2) is 0 Å². The molecule has 0 radical (unpaired) electrons. The van der Waals surface area contributed by atoms with Crippen LogP contribution < -0.4 is 0 Å². The molecule has 1 N–H and O–H groups in total. The Morgan fingerprint density at radius 2 is 2.57 bits per heavy atom. The predicted molar refractivity (Wildman–Crippen MR) is 52.0 cm³/mol. The number of oxime groups is 1. The molecular weight excluding hydrogens is 202 g/mol. The second-order valence-electron chi connectivity index (χ2n) is 3.03. The Balaban J connectivity index is 2.40. The molecule has 1 aromatic heterocycles. The van der Waals surface area contributed by atoms with Gasteiger partial charge in [0.2, 0.25) is 0 Å². The van der Waals surface area contributed by atoms with Crippen LogP contribution in [-0.2, 0) is 9.53 Å². The minimum absolute atomic E-state index is 0.271. The third kappa shape index (κ3) is 1.21. The van der Waals surface area contributed by atoms with Crippen LogP contribution in [0.2, 0.25) is 0 Å². The first-order chi connectivity index (χ1) is 6.77. The molecule has 14 heavy (non-hydrogen) atoms. The number of carbonyl (C=O) groups is 1. The molecule has 1 aromatic rings. The summed E-state index contributed by atoms with van der Waals surface area (Å²) in [6.45, 7) is 0. The van der Waals surface area contributed by atoms with E-state index in [-0.39, 0.29) is 11.9 Å². The fourth-order valence-corrected chi connectivity index (χ4v) is 2.66. The fraction of sp³-hybridized carbons (Fsp3) is 0.333. The summed E-state index contributed by atoms with van der Waals surface area (Å²) in [6.07, 6.45) is 0.436. The quantitative estimate of drug-likeness (QED) is 0.436. The molecule has 1 unspecified atom stereocenters. The minimum atomic E-state index is -0.291.